The van der Waals surface area contributed by atoms with Crippen molar-refractivity contribution in [1.82, 2.24) is 5.32 Å². The fourth-order valence-corrected chi connectivity index (χ4v) is 2.35. The quantitative estimate of drug-likeness (QED) is 0.261. The van der Waals surface area contributed by atoms with Gasteiger partial charge < -0.3 is 10.4 Å². The van der Waals surface area contributed by atoms with E-state index in [-0.39, 0.29) is 11.1 Å². The Morgan fingerprint density at radius 2 is 1.96 bits per heavy atom. The summed E-state index contributed by atoms with van der Waals surface area (Å²) in [5, 5.41) is 32.5. The molecule has 26 heavy (non-hydrogen) atoms. The van der Waals surface area contributed by atoms with Crippen LogP contribution in [0.1, 0.15) is 17.5 Å². The number of carbonyl (C=O) groups is 1. The number of carbonyl (C=O) groups excluding carboxylic acids is 1. The van der Waals surface area contributed by atoms with Gasteiger partial charge in [0.25, 0.3) is 5.91 Å². The molecule has 1 amide bonds. The summed E-state index contributed by atoms with van der Waals surface area (Å²) in [5.41, 5.74) is 0.467. The number of aryl methyl sites for hydroxylation is 1. The van der Waals surface area contributed by atoms with E-state index in [9.17, 15) is 20.0 Å². The molecule has 7 heteroatoms. The molecule has 0 bridgehead atoms. The van der Waals surface area contributed by atoms with Crippen molar-refractivity contribution in [2.24, 2.45) is 0 Å². The van der Waals surface area contributed by atoms with E-state index in [0.717, 1.165) is 24.1 Å². The van der Waals surface area contributed by atoms with Crippen LogP contribution in [0.2, 0.25) is 0 Å². The number of nitro groups is 1. The second-order valence-corrected chi connectivity index (χ2v) is 5.49. The summed E-state index contributed by atoms with van der Waals surface area (Å²) in [4.78, 5) is 22.2. The van der Waals surface area contributed by atoms with Gasteiger partial charge in [-0.05, 0) is 24.5 Å². The van der Waals surface area contributed by atoms with Crippen molar-refractivity contribution in [3.8, 4) is 11.8 Å². The number of nitriles is 1. The van der Waals surface area contributed by atoms with Crippen molar-refractivity contribution < 1.29 is 14.8 Å². The smallest absolute Gasteiger partial charge is 0.311 e. The zero-order valence-corrected chi connectivity index (χ0v) is 13.9. The largest absolute Gasteiger partial charge is 0.502 e. The van der Waals surface area contributed by atoms with E-state index >= 15 is 0 Å². The van der Waals surface area contributed by atoms with Crippen molar-refractivity contribution in [1.29, 1.82) is 5.26 Å². The summed E-state index contributed by atoms with van der Waals surface area (Å²) >= 11 is 0. The number of aromatic hydroxyl groups is 1. The van der Waals surface area contributed by atoms with Gasteiger partial charge in [0.1, 0.15) is 11.6 Å². The molecule has 2 aromatic rings. The van der Waals surface area contributed by atoms with Crippen LogP contribution in [0.5, 0.6) is 5.75 Å². The predicted molar refractivity (Wildman–Crippen MR) is 96.1 cm³/mol. The number of rotatable bonds is 7. The van der Waals surface area contributed by atoms with Crippen molar-refractivity contribution in [3.05, 3.63) is 75.3 Å². The molecule has 132 valence electrons. The average molecular weight is 351 g/mol. The van der Waals surface area contributed by atoms with Gasteiger partial charge in [0, 0.05) is 18.2 Å². The van der Waals surface area contributed by atoms with Crippen molar-refractivity contribution >= 4 is 17.7 Å². The fraction of sp³-hybridized carbons (Fsp3) is 0.158. The van der Waals surface area contributed by atoms with Crippen LogP contribution < -0.4 is 5.32 Å². The maximum absolute atomic E-state index is 12.1. The van der Waals surface area contributed by atoms with Gasteiger partial charge in [-0.25, -0.2) is 0 Å². The van der Waals surface area contributed by atoms with Crippen LogP contribution in [0.3, 0.4) is 0 Å². The minimum atomic E-state index is -0.734. The third kappa shape index (κ3) is 4.92. The minimum absolute atomic E-state index is 0.0372. The lowest BCUT2D eigenvalue weighted by Crippen LogP contribution is -2.25. The monoisotopic (exact) mass is 351 g/mol. The Kier molecular flexibility index (Phi) is 6.46. The normalized spacial score (nSPS) is 10.8. The van der Waals surface area contributed by atoms with Crippen LogP contribution in [0.25, 0.3) is 6.08 Å². The molecule has 7 nitrogen and oxygen atoms in total. The first kappa shape index (κ1) is 18.7. The van der Waals surface area contributed by atoms with Crippen LogP contribution in [-0.4, -0.2) is 22.5 Å². The first-order valence-electron chi connectivity index (χ1n) is 7.93. The number of hydrogen-bond donors (Lipinski definition) is 2. The fourth-order valence-electron chi connectivity index (χ4n) is 2.35. The lowest BCUT2D eigenvalue weighted by atomic mass is 10.1. The highest BCUT2D eigenvalue weighted by atomic mass is 16.6. The molecule has 0 aromatic heterocycles. The van der Waals surface area contributed by atoms with Crippen LogP contribution in [0.4, 0.5) is 5.69 Å². The summed E-state index contributed by atoms with van der Waals surface area (Å²) in [6, 6.07) is 15.5. The minimum Gasteiger partial charge on any atom is -0.502 e. The van der Waals surface area contributed by atoms with Gasteiger partial charge in [-0.2, -0.15) is 5.26 Å². The lowest BCUT2D eigenvalue weighted by Gasteiger charge is -2.05. The summed E-state index contributed by atoms with van der Waals surface area (Å²) in [6.07, 6.45) is 2.63. The van der Waals surface area contributed by atoms with Crippen LogP contribution in [-0.2, 0) is 11.2 Å². The zero-order valence-electron chi connectivity index (χ0n) is 13.9. The Morgan fingerprint density at radius 3 is 2.62 bits per heavy atom. The topological polar surface area (TPSA) is 116 Å². The molecule has 2 aromatic carbocycles. The molecule has 2 N–H and O–H groups in total. The summed E-state index contributed by atoms with van der Waals surface area (Å²) in [7, 11) is 0. The summed E-state index contributed by atoms with van der Waals surface area (Å²) < 4.78 is 0. The van der Waals surface area contributed by atoms with Gasteiger partial charge in [-0.3, -0.25) is 14.9 Å². The molecule has 0 aliphatic carbocycles. The standard InChI is InChI=1S/C19H17N3O4/c20-13-16(12-15-9-4-10-17(18(15)23)22(25)26)19(24)21-11-5-8-14-6-2-1-3-7-14/h1-4,6-7,9-10,12,23H,5,8,11H2,(H,21,24)/b16-12-. The number of nitrogens with one attached hydrogen (secondary N) is 1. The van der Waals surface area contributed by atoms with Crippen molar-refractivity contribution in [3.63, 3.8) is 0 Å². The Morgan fingerprint density at radius 1 is 1.23 bits per heavy atom. The molecule has 0 fully saturated rings. The Hall–Kier alpha value is -3.66. The van der Waals surface area contributed by atoms with E-state index in [1.54, 1.807) is 6.07 Å². The molecule has 0 saturated carbocycles. The number of nitrogens with zero attached hydrogens (tertiary/aromatic N) is 2. The second-order valence-electron chi connectivity index (χ2n) is 5.49. The van der Waals surface area contributed by atoms with Crippen LogP contribution >= 0.6 is 0 Å². The number of hydrogen-bond acceptors (Lipinski definition) is 5. The maximum Gasteiger partial charge on any atom is 0.311 e. The molecule has 0 aliphatic heterocycles. The molecule has 0 radical (unpaired) electrons. The summed E-state index contributed by atoms with van der Waals surface area (Å²) in [5.74, 6) is -1.17. The number of para-hydroxylation sites is 1. The molecule has 0 unspecified atom stereocenters. The van der Waals surface area contributed by atoms with Gasteiger partial charge in [-0.1, -0.05) is 42.5 Å². The summed E-state index contributed by atoms with van der Waals surface area (Å²) in [6.45, 7) is 0.383. The SMILES string of the molecule is N#C/C(=C/c1cccc([N+](=O)[O-])c1O)C(=O)NCCCc1ccccc1. The van der Waals surface area contributed by atoms with Crippen LogP contribution in [0, 0.1) is 21.4 Å². The lowest BCUT2D eigenvalue weighted by molar-refractivity contribution is -0.385. The highest BCUT2D eigenvalue weighted by molar-refractivity contribution is 6.02. The predicted octanol–water partition coefficient (Wildman–Crippen LogP) is 2.96. The average Bonchev–Trinajstić information content (AvgIpc) is 2.64. The Balaban J connectivity index is 2.00. The molecule has 0 heterocycles. The number of phenolic OH excluding ortho intramolecular Hbond substituents is 1. The van der Waals surface area contributed by atoms with E-state index < -0.39 is 22.3 Å². The first-order valence-corrected chi connectivity index (χ1v) is 7.93. The third-order valence-corrected chi connectivity index (χ3v) is 3.68. The number of benzene rings is 2. The highest BCUT2D eigenvalue weighted by Gasteiger charge is 2.17. The van der Waals surface area contributed by atoms with E-state index in [4.69, 9.17) is 5.26 Å². The molecule has 0 saturated heterocycles. The van der Waals surface area contributed by atoms with E-state index in [2.05, 4.69) is 5.32 Å². The third-order valence-electron chi connectivity index (χ3n) is 3.68. The van der Waals surface area contributed by atoms with Gasteiger partial charge in [0.2, 0.25) is 5.75 Å². The number of nitro benzene ring substituents is 1. The van der Waals surface area contributed by atoms with Gasteiger partial charge >= 0.3 is 5.69 Å². The Bertz CT molecular complexity index is 870. The molecule has 2 rings (SSSR count). The zero-order chi connectivity index (χ0) is 18.9. The molecule has 0 aliphatic rings. The first-order chi connectivity index (χ1) is 12.5. The van der Waals surface area contributed by atoms with E-state index in [0.29, 0.717) is 13.0 Å². The molecule has 0 spiro atoms. The molecule has 0 atom stereocenters. The van der Waals surface area contributed by atoms with Gasteiger partial charge in [-0.15, -0.1) is 0 Å². The highest BCUT2D eigenvalue weighted by Crippen LogP contribution is 2.30. The number of amides is 1. The molecular formula is C19H17N3O4. The second kappa shape index (κ2) is 8.99. The van der Waals surface area contributed by atoms with E-state index in [1.807, 2.05) is 30.3 Å². The van der Waals surface area contributed by atoms with Crippen LogP contribution in [0.15, 0.2) is 54.1 Å². The molecular weight excluding hydrogens is 334 g/mol. The van der Waals surface area contributed by atoms with Gasteiger partial charge in [0.05, 0.1) is 4.92 Å². The maximum atomic E-state index is 12.1. The van der Waals surface area contributed by atoms with Gasteiger partial charge in [0.15, 0.2) is 0 Å². The Labute approximate surface area is 150 Å². The van der Waals surface area contributed by atoms with E-state index in [1.165, 1.54) is 12.1 Å². The van der Waals surface area contributed by atoms with Crippen molar-refractivity contribution in [2.75, 3.05) is 6.54 Å². The number of phenols is 1. The van der Waals surface area contributed by atoms with Crippen molar-refractivity contribution in [2.45, 2.75) is 12.8 Å².